The van der Waals surface area contributed by atoms with Crippen LogP contribution in [-0.4, -0.2) is 59.0 Å². The summed E-state index contributed by atoms with van der Waals surface area (Å²) in [5.41, 5.74) is 0. The van der Waals surface area contributed by atoms with Crippen molar-refractivity contribution in [1.29, 1.82) is 0 Å². The first-order valence-electron chi connectivity index (χ1n) is 3.36. The summed E-state index contributed by atoms with van der Waals surface area (Å²) in [5.74, 6) is -0.952. The number of carbonyl (C=O) groups is 1. The molecule has 0 aliphatic heterocycles. The summed E-state index contributed by atoms with van der Waals surface area (Å²) < 4.78 is 0. The summed E-state index contributed by atoms with van der Waals surface area (Å²) in [7, 11) is 0. The van der Waals surface area contributed by atoms with Crippen LogP contribution >= 0.6 is 0 Å². The molecule has 0 bridgehead atoms. The fourth-order valence-corrected chi connectivity index (χ4v) is 0.744. The van der Waals surface area contributed by atoms with Gasteiger partial charge in [-0.25, -0.2) is 0 Å². The maximum atomic E-state index is 10.2. The Morgan fingerprint density at radius 2 is 1.58 bits per heavy atom. The third kappa shape index (κ3) is 8.45. The van der Waals surface area contributed by atoms with Gasteiger partial charge in [0.1, 0.15) is 0 Å². The number of hydrogen-bond donors (Lipinski definition) is 3. The van der Waals surface area contributed by atoms with Crippen LogP contribution in [0.3, 0.4) is 0 Å². The monoisotopic (exact) mass is 186 g/mol. The first kappa shape index (κ1) is 14.9. The van der Waals surface area contributed by atoms with Crippen LogP contribution in [0.2, 0.25) is 0 Å². The number of carboxylic acids is 1. The van der Waals surface area contributed by atoms with Crippen LogP contribution in [-0.2, 0) is 4.79 Å². The molecule has 3 N–H and O–H groups in total. The van der Waals surface area contributed by atoms with Crippen molar-refractivity contribution in [1.82, 2.24) is 4.90 Å². The van der Waals surface area contributed by atoms with Crippen LogP contribution in [0.4, 0.5) is 0 Å². The van der Waals surface area contributed by atoms with E-state index < -0.39 is 5.97 Å². The van der Waals surface area contributed by atoms with Crippen molar-refractivity contribution < 1.29 is 49.7 Å². The molecule has 5 nitrogen and oxygen atoms in total. The van der Waals surface area contributed by atoms with Crippen molar-refractivity contribution in [2.45, 2.75) is 0 Å². The van der Waals surface area contributed by atoms with Gasteiger partial charge in [-0.1, -0.05) is 0 Å². The van der Waals surface area contributed by atoms with Crippen molar-refractivity contribution in [2.75, 3.05) is 32.8 Å². The van der Waals surface area contributed by atoms with Gasteiger partial charge in [0, 0.05) is 13.1 Å². The fourth-order valence-electron chi connectivity index (χ4n) is 0.744. The molecule has 6 heteroatoms. The Bertz CT molecular complexity index is 116. The number of aliphatic hydroxyl groups excluding tert-OH is 2. The number of rotatable bonds is 6. The van der Waals surface area contributed by atoms with E-state index in [1.165, 1.54) is 4.90 Å². The second kappa shape index (κ2) is 9.44. The molecule has 0 atom stereocenters. The molecule has 0 fully saturated rings. The van der Waals surface area contributed by atoms with Gasteiger partial charge in [0.05, 0.1) is 19.8 Å². The van der Waals surface area contributed by atoms with Crippen molar-refractivity contribution in [3.05, 3.63) is 0 Å². The van der Waals surface area contributed by atoms with Crippen LogP contribution in [0.5, 0.6) is 0 Å². The zero-order valence-electron chi connectivity index (χ0n) is 7.23. The minimum Gasteiger partial charge on any atom is -0.480 e. The smallest absolute Gasteiger partial charge is 0.480 e. The number of nitrogens with zero attached hydrogens (tertiary/aromatic N) is 1. The molecule has 0 aromatic rings. The van der Waals surface area contributed by atoms with Gasteiger partial charge >= 0.3 is 35.5 Å². The second-order valence-electron chi connectivity index (χ2n) is 2.12. The van der Waals surface area contributed by atoms with E-state index in [4.69, 9.17) is 15.3 Å². The van der Waals surface area contributed by atoms with Gasteiger partial charge in [0.2, 0.25) is 0 Å². The molecule has 0 heterocycles. The summed E-state index contributed by atoms with van der Waals surface area (Å²) >= 11 is 0. The summed E-state index contributed by atoms with van der Waals surface area (Å²) in [6.45, 7) is 0.251. The molecule has 0 radical (unpaired) electrons. The van der Waals surface area contributed by atoms with Crippen molar-refractivity contribution in [2.24, 2.45) is 0 Å². The Kier molecular flexibility index (Phi) is 11.7. The van der Waals surface area contributed by atoms with E-state index in [0.717, 1.165) is 0 Å². The molecule has 0 saturated heterocycles. The van der Waals surface area contributed by atoms with E-state index in [1.807, 2.05) is 0 Å². The molecule has 0 rings (SSSR count). The maximum absolute atomic E-state index is 10.2. The molecule has 0 amide bonds. The average Bonchev–Trinajstić information content (AvgIpc) is 1.87. The molecule has 0 aliphatic carbocycles. The molecule has 0 unspecified atom stereocenters. The van der Waals surface area contributed by atoms with Gasteiger partial charge in [-0.3, -0.25) is 9.69 Å². The zero-order chi connectivity index (χ0) is 8.69. The molecule has 66 valence electrons. The molecule has 0 spiro atoms. The van der Waals surface area contributed by atoms with E-state index in [1.54, 1.807) is 0 Å². The Hall–Kier alpha value is 0.350. The molecule has 0 aromatic carbocycles. The third-order valence-corrected chi connectivity index (χ3v) is 1.19. The fraction of sp³-hybridized carbons (Fsp3) is 0.833. The second-order valence-corrected chi connectivity index (χ2v) is 2.12. The van der Waals surface area contributed by atoms with E-state index in [-0.39, 0.29) is 62.4 Å². The minimum atomic E-state index is -0.952. The standard InChI is InChI=1S/C6H13NO4.Na/c8-3-1-7(2-4-9)5-6(10)11;/h8-9H,1-5H2,(H,10,11);/q;+1. The molecule has 0 aliphatic rings. The van der Waals surface area contributed by atoms with Crippen LogP contribution in [0, 0.1) is 0 Å². The first-order valence-corrected chi connectivity index (χ1v) is 3.36. The van der Waals surface area contributed by atoms with Gasteiger partial charge in [-0.05, 0) is 0 Å². The molecule has 12 heavy (non-hydrogen) atoms. The summed E-state index contributed by atoms with van der Waals surface area (Å²) in [6, 6.07) is 0. The topological polar surface area (TPSA) is 81.0 Å². The van der Waals surface area contributed by atoms with E-state index in [2.05, 4.69) is 0 Å². The van der Waals surface area contributed by atoms with Crippen molar-refractivity contribution in [3.8, 4) is 0 Å². The van der Waals surface area contributed by atoms with Crippen LogP contribution in [0.1, 0.15) is 0 Å². The average molecular weight is 186 g/mol. The minimum absolute atomic E-state index is 0. The molecule has 0 saturated carbocycles. The largest absolute Gasteiger partial charge is 1.00 e. The van der Waals surface area contributed by atoms with Gasteiger partial charge in [0.15, 0.2) is 0 Å². The Morgan fingerprint density at radius 3 is 1.83 bits per heavy atom. The van der Waals surface area contributed by atoms with Crippen LogP contribution in [0.25, 0.3) is 0 Å². The number of aliphatic hydroxyl groups is 2. The maximum Gasteiger partial charge on any atom is 1.00 e. The van der Waals surface area contributed by atoms with Crippen molar-refractivity contribution >= 4 is 5.97 Å². The molecule has 0 aromatic heterocycles. The van der Waals surface area contributed by atoms with Gasteiger partial charge < -0.3 is 15.3 Å². The predicted molar refractivity (Wildman–Crippen MR) is 38.2 cm³/mol. The SMILES string of the molecule is O=C(O)CN(CCO)CCO.[Na+]. The van der Waals surface area contributed by atoms with Crippen LogP contribution < -0.4 is 29.6 Å². The van der Waals surface area contributed by atoms with Crippen molar-refractivity contribution in [3.63, 3.8) is 0 Å². The normalized spacial score (nSPS) is 9.58. The Morgan fingerprint density at radius 1 is 1.17 bits per heavy atom. The van der Waals surface area contributed by atoms with Gasteiger partial charge in [0.25, 0.3) is 0 Å². The van der Waals surface area contributed by atoms with Crippen LogP contribution in [0.15, 0.2) is 0 Å². The summed E-state index contributed by atoms with van der Waals surface area (Å²) in [6.07, 6.45) is 0. The quantitative estimate of drug-likeness (QED) is 0.363. The molecular formula is C6H13NNaO4+. The first-order chi connectivity index (χ1) is 5.20. The van der Waals surface area contributed by atoms with Gasteiger partial charge in [-0.2, -0.15) is 0 Å². The van der Waals surface area contributed by atoms with E-state index >= 15 is 0 Å². The summed E-state index contributed by atoms with van der Waals surface area (Å²) in [5, 5.41) is 25.3. The molecular weight excluding hydrogens is 173 g/mol. The Labute approximate surface area is 93.3 Å². The van der Waals surface area contributed by atoms with E-state index in [9.17, 15) is 4.79 Å². The number of hydrogen-bond acceptors (Lipinski definition) is 4. The van der Waals surface area contributed by atoms with E-state index in [0.29, 0.717) is 0 Å². The third-order valence-electron chi connectivity index (χ3n) is 1.19. The number of aliphatic carboxylic acids is 1. The van der Waals surface area contributed by atoms with Gasteiger partial charge in [-0.15, -0.1) is 0 Å². The summed E-state index contributed by atoms with van der Waals surface area (Å²) in [4.78, 5) is 11.6. The number of carboxylic acid groups (broad SMARTS) is 1. The zero-order valence-corrected chi connectivity index (χ0v) is 9.23. The predicted octanol–water partition coefficient (Wildman–Crippen LogP) is -4.64. The Balaban J connectivity index is 0.